The molecule has 1 N–H and O–H groups in total. The maximum atomic E-state index is 12.8. The van der Waals surface area contributed by atoms with Crippen molar-refractivity contribution in [3.63, 3.8) is 0 Å². The third kappa shape index (κ3) is 5.59. The van der Waals surface area contributed by atoms with Crippen LogP contribution < -0.4 is 10.1 Å². The number of ether oxygens (including phenoxy) is 2. The first kappa shape index (κ1) is 20.4. The van der Waals surface area contributed by atoms with Gasteiger partial charge in [0.25, 0.3) is 5.91 Å². The molecule has 0 saturated heterocycles. The van der Waals surface area contributed by atoms with Crippen LogP contribution in [0, 0.1) is 0 Å². The van der Waals surface area contributed by atoms with Crippen molar-refractivity contribution in [2.45, 2.75) is 13.5 Å². The Labute approximate surface area is 174 Å². The first-order valence-electron chi connectivity index (χ1n) is 9.11. The van der Waals surface area contributed by atoms with Crippen LogP contribution in [0.3, 0.4) is 0 Å². The molecule has 3 aromatic carbocycles. The van der Waals surface area contributed by atoms with E-state index in [4.69, 9.17) is 21.1 Å². The van der Waals surface area contributed by atoms with Crippen LogP contribution in [0.2, 0.25) is 5.02 Å². The van der Waals surface area contributed by atoms with Gasteiger partial charge in [-0.2, -0.15) is 0 Å². The third-order valence-electron chi connectivity index (χ3n) is 4.08. The van der Waals surface area contributed by atoms with Gasteiger partial charge >= 0.3 is 5.97 Å². The SMILES string of the molecule is CCOC(=O)c1ccc(NC(=O)c2cc(Cl)ccc2OCc2ccccc2)cc1. The molecule has 0 fully saturated rings. The van der Waals surface area contributed by atoms with Crippen LogP contribution in [0.1, 0.15) is 33.2 Å². The molecule has 1 amide bonds. The molecule has 29 heavy (non-hydrogen) atoms. The minimum absolute atomic E-state index is 0.303. The fraction of sp³-hybridized carbons (Fsp3) is 0.130. The Morgan fingerprint density at radius 1 is 0.966 bits per heavy atom. The van der Waals surface area contributed by atoms with Gasteiger partial charge < -0.3 is 14.8 Å². The lowest BCUT2D eigenvalue weighted by atomic mass is 10.1. The maximum absolute atomic E-state index is 12.8. The number of hydrogen-bond acceptors (Lipinski definition) is 4. The minimum Gasteiger partial charge on any atom is -0.488 e. The molecule has 0 bridgehead atoms. The van der Waals surface area contributed by atoms with Crippen molar-refractivity contribution in [1.29, 1.82) is 0 Å². The molecule has 0 aliphatic carbocycles. The number of rotatable bonds is 7. The van der Waals surface area contributed by atoms with E-state index in [0.717, 1.165) is 5.56 Å². The van der Waals surface area contributed by atoms with E-state index >= 15 is 0 Å². The minimum atomic E-state index is -0.406. The first-order valence-corrected chi connectivity index (χ1v) is 9.49. The van der Waals surface area contributed by atoms with Crippen LogP contribution in [0.15, 0.2) is 72.8 Å². The zero-order valence-corrected chi connectivity index (χ0v) is 16.6. The van der Waals surface area contributed by atoms with Gasteiger partial charge in [-0.1, -0.05) is 41.9 Å². The molecule has 0 atom stereocenters. The largest absolute Gasteiger partial charge is 0.488 e. The van der Waals surface area contributed by atoms with Crippen molar-refractivity contribution < 1.29 is 19.1 Å². The molecule has 3 aromatic rings. The smallest absolute Gasteiger partial charge is 0.338 e. The van der Waals surface area contributed by atoms with E-state index < -0.39 is 5.97 Å². The molecule has 0 aromatic heterocycles. The van der Waals surface area contributed by atoms with E-state index in [1.54, 1.807) is 49.4 Å². The summed E-state index contributed by atoms with van der Waals surface area (Å²) in [7, 11) is 0. The Bertz CT molecular complexity index is 988. The monoisotopic (exact) mass is 409 g/mol. The maximum Gasteiger partial charge on any atom is 0.338 e. The molecule has 0 radical (unpaired) electrons. The summed E-state index contributed by atoms with van der Waals surface area (Å²) in [5.74, 6) is -0.338. The molecule has 3 rings (SSSR count). The van der Waals surface area contributed by atoms with Gasteiger partial charge in [0, 0.05) is 10.7 Å². The van der Waals surface area contributed by atoms with Crippen molar-refractivity contribution in [1.82, 2.24) is 0 Å². The summed E-state index contributed by atoms with van der Waals surface area (Å²) in [6.45, 7) is 2.38. The Balaban J connectivity index is 1.73. The number of hydrogen-bond donors (Lipinski definition) is 1. The van der Waals surface area contributed by atoms with Gasteiger partial charge in [-0.05, 0) is 55.0 Å². The van der Waals surface area contributed by atoms with Crippen LogP contribution in [0.4, 0.5) is 5.69 Å². The highest BCUT2D eigenvalue weighted by Crippen LogP contribution is 2.25. The lowest BCUT2D eigenvalue weighted by molar-refractivity contribution is 0.0526. The van der Waals surface area contributed by atoms with Crippen molar-refractivity contribution in [2.75, 3.05) is 11.9 Å². The molecule has 6 heteroatoms. The van der Waals surface area contributed by atoms with Gasteiger partial charge in [0.15, 0.2) is 0 Å². The van der Waals surface area contributed by atoms with Crippen molar-refractivity contribution in [2.24, 2.45) is 0 Å². The number of nitrogens with one attached hydrogen (secondary N) is 1. The van der Waals surface area contributed by atoms with Crippen LogP contribution in [-0.4, -0.2) is 18.5 Å². The van der Waals surface area contributed by atoms with Crippen LogP contribution >= 0.6 is 11.6 Å². The number of amides is 1. The average Bonchev–Trinajstić information content (AvgIpc) is 2.74. The quantitative estimate of drug-likeness (QED) is 0.534. The van der Waals surface area contributed by atoms with Gasteiger partial charge in [-0.25, -0.2) is 4.79 Å². The Morgan fingerprint density at radius 3 is 2.38 bits per heavy atom. The molecule has 148 valence electrons. The molecule has 0 heterocycles. The number of carbonyl (C=O) groups excluding carboxylic acids is 2. The van der Waals surface area contributed by atoms with Gasteiger partial charge in [-0.3, -0.25) is 4.79 Å². The fourth-order valence-corrected chi connectivity index (χ4v) is 2.82. The summed E-state index contributed by atoms with van der Waals surface area (Å²) in [6, 6.07) is 21.0. The number of carbonyl (C=O) groups is 2. The van der Waals surface area contributed by atoms with E-state index in [1.807, 2.05) is 30.3 Å². The fourth-order valence-electron chi connectivity index (χ4n) is 2.64. The van der Waals surface area contributed by atoms with E-state index in [1.165, 1.54) is 0 Å². The van der Waals surface area contributed by atoms with Crippen LogP contribution in [0.25, 0.3) is 0 Å². The predicted octanol–water partition coefficient (Wildman–Crippen LogP) is 5.35. The number of anilines is 1. The first-order chi connectivity index (χ1) is 14.1. The van der Waals surface area contributed by atoms with Gasteiger partial charge in [0.2, 0.25) is 0 Å². The summed E-state index contributed by atoms with van der Waals surface area (Å²) in [6.07, 6.45) is 0. The molecule has 0 spiro atoms. The van der Waals surface area contributed by atoms with E-state index in [-0.39, 0.29) is 5.91 Å². The topological polar surface area (TPSA) is 64.6 Å². The van der Waals surface area contributed by atoms with Gasteiger partial charge in [0.1, 0.15) is 12.4 Å². The Hall–Kier alpha value is -3.31. The Kier molecular flexibility index (Phi) is 6.87. The normalized spacial score (nSPS) is 10.3. The van der Waals surface area contributed by atoms with E-state index in [0.29, 0.717) is 40.8 Å². The lowest BCUT2D eigenvalue weighted by Crippen LogP contribution is -2.14. The summed E-state index contributed by atoms with van der Waals surface area (Å²) in [5, 5.41) is 3.22. The molecule has 5 nitrogen and oxygen atoms in total. The number of halogens is 1. The summed E-state index contributed by atoms with van der Waals surface area (Å²) in [4.78, 5) is 24.5. The summed E-state index contributed by atoms with van der Waals surface area (Å²) < 4.78 is 10.8. The third-order valence-corrected chi connectivity index (χ3v) is 4.31. The summed E-state index contributed by atoms with van der Waals surface area (Å²) in [5.41, 5.74) is 2.27. The van der Waals surface area contributed by atoms with Gasteiger partial charge in [-0.15, -0.1) is 0 Å². The zero-order valence-electron chi connectivity index (χ0n) is 15.9. The standard InChI is InChI=1S/C23H20ClNO4/c1-2-28-23(27)17-8-11-19(12-9-17)25-22(26)20-14-18(24)10-13-21(20)29-15-16-6-4-3-5-7-16/h3-14H,2,15H2,1H3,(H,25,26). The van der Waals surface area contributed by atoms with Crippen LogP contribution in [0.5, 0.6) is 5.75 Å². The second kappa shape index (κ2) is 9.75. The molecular formula is C23H20ClNO4. The molecule has 0 aliphatic rings. The molecule has 0 saturated carbocycles. The predicted molar refractivity (Wildman–Crippen MR) is 113 cm³/mol. The summed E-state index contributed by atoms with van der Waals surface area (Å²) >= 11 is 6.08. The van der Waals surface area contributed by atoms with Crippen molar-refractivity contribution >= 4 is 29.2 Å². The van der Waals surface area contributed by atoms with Crippen LogP contribution in [-0.2, 0) is 11.3 Å². The highest BCUT2D eigenvalue weighted by Gasteiger charge is 2.15. The average molecular weight is 410 g/mol. The highest BCUT2D eigenvalue weighted by atomic mass is 35.5. The van der Waals surface area contributed by atoms with Crippen molar-refractivity contribution in [3.8, 4) is 5.75 Å². The zero-order chi connectivity index (χ0) is 20.6. The van der Waals surface area contributed by atoms with E-state index in [9.17, 15) is 9.59 Å². The lowest BCUT2D eigenvalue weighted by Gasteiger charge is -2.13. The number of esters is 1. The highest BCUT2D eigenvalue weighted by molar-refractivity contribution is 6.31. The molecule has 0 unspecified atom stereocenters. The second-order valence-electron chi connectivity index (χ2n) is 6.17. The van der Waals surface area contributed by atoms with Crippen molar-refractivity contribution in [3.05, 3.63) is 94.5 Å². The molecular weight excluding hydrogens is 390 g/mol. The number of benzene rings is 3. The second-order valence-corrected chi connectivity index (χ2v) is 6.60. The Morgan fingerprint density at radius 2 is 1.69 bits per heavy atom. The molecule has 0 aliphatic heterocycles. The van der Waals surface area contributed by atoms with E-state index in [2.05, 4.69) is 5.32 Å². The van der Waals surface area contributed by atoms with Gasteiger partial charge in [0.05, 0.1) is 17.7 Å².